The van der Waals surface area contributed by atoms with Crippen LogP contribution < -0.4 is 15.4 Å². The van der Waals surface area contributed by atoms with E-state index in [0.29, 0.717) is 28.6 Å². The molecule has 2 amide bonds. The summed E-state index contributed by atoms with van der Waals surface area (Å²) in [7, 11) is 0. The summed E-state index contributed by atoms with van der Waals surface area (Å²) in [6.07, 6.45) is 3.20. The Kier molecular flexibility index (Phi) is 5.57. The minimum Gasteiger partial charge on any atom is -0.436 e. The molecule has 1 aliphatic rings. The van der Waals surface area contributed by atoms with Gasteiger partial charge in [0.15, 0.2) is 5.15 Å². The fourth-order valence-corrected chi connectivity index (χ4v) is 3.71. The Morgan fingerprint density at radius 3 is 2.70 bits per heavy atom. The van der Waals surface area contributed by atoms with Crippen LogP contribution in [0.4, 0.5) is 5.69 Å². The van der Waals surface area contributed by atoms with Gasteiger partial charge in [-0.1, -0.05) is 35.3 Å². The molecular weight excluding hydrogens is 427 g/mol. The Morgan fingerprint density at radius 1 is 1.13 bits per heavy atom. The van der Waals surface area contributed by atoms with Gasteiger partial charge in [-0.15, -0.1) is 0 Å². The summed E-state index contributed by atoms with van der Waals surface area (Å²) >= 11 is 12.2. The average molecular weight is 443 g/mol. The smallest absolute Gasteiger partial charge is 0.257 e. The molecule has 1 fully saturated rings. The Hall–Kier alpha value is -3.16. The van der Waals surface area contributed by atoms with Crippen LogP contribution in [0.2, 0.25) is 10.2 Å². The van der Waals surface area contributed by atoms with Crippen molar-refractivity contribution in [1.29, 1.82) is 0 Å². The van der Waals surface area contributed by atoms with Crippen molar-refractivity contribution in [3.63, 3.8) is 0 Å². The largest absolute Gasteiger partial charge is 0.436 e. The summed E-state index contributed by atoms with van der Waals surface area (Å²) in [5.74, 6) is -0.166. The second-order valence-electron chi connectivity index (χ2n) is 6.76. The molecule has 0 aliphatic carbocycles. The van der Waals surface area contributed by atoms with Gasteiger partial charge in [0, 0.05) is 53.1 Å². The molecule has 0 spiro atoms. The molecule has 0 bridgehead atoms. The number of carbonyl (C=O) groups excluding carboxylic acids is 2. The van der Waals surface area contributed by atoms with E-state index in [1.54, 1.807) is 41.3 Å². The number of benzene rings is 2. The number of amides is 2. The monoisotopic (exact) mass is 442 g/mol. The van der Waals surface area contributed by atoms with E-state index in [4.69, 9.17) is 33.7 Å². The quantitative estimate of drug-likeness (QED) is 0.638. The summed E-state index contributed by atoms with van der Waals surface area (Å²) in [4.78, 5) is 33.9. The molecule has 0 saturated carbocycles. The Morgan fingerprint density at radius 2 is 1.93 bits per heavy atom. The standard InChI is InChI=1S/C21H16Cl2N4O3/c22-14-4-5-16(17(10-14)30-21-19(23)25-6-7-26-21)13-9-18(28)27(11-13)15-3-1-2-12(8-15)20(24)29/h1-8,10,13H,9,11H2,(H2,24,29)/t13-/m0/s1. The van der Waals surface area contributed by atoms with E-state index >= 15 is 0 Å². The van der Waals surface area contributed by atoms with Crippen LogP contribution in [0.15, 0.2) is 54.9 Å². The fourth-order valence-electron chi connectivity index (χ4n) is 3.41. The van der Waals surface area contributed by atoms with Crippen molar-refractivity contribution in [3.05, 3.63) is 76.2 Å². The molecular formula is C21H16Cl2N4O3. The molecule has 0 unspecified atom stereocenters. The van der Waals surface area contributed by atoms with Crippen molar-refractivity contribution in [3.8, 4) is 11.6 Å². The van der Waals surface area contributed by atoms with E-state index in [1.165, 1.54) is 12.4 Å². The number of hydrogen-bond donors (Lipinski definition) is 1. The number of primary amides is 1. The SMILES string of the molecule is NC(=O)c1cccc(N2C[C@@H](c3ccc(Cl)cc3Oc3nccnc3Cl)CC2=O)c1. The van der Waals surface area contributed by atoms with Gasteiger partial charge in [-0.3, -0.25) is 9.59 Å². The number of anilines is 1. The summed E-state index contributed by atoms with van der Waals surface area (Å²) in [6.45, 7) is 0.410. The second-order valence-corrected chi connectivity index (χ2v) is 7.55. The van der Waals surface area contributed by atoms with Gasteiger partial charge < -0.3 is 15.4 Å². The van der Waals surface area contributed by atoms with Crippen molar-refractivity contribution in [2.75, 3.05) is 11.4 Å². The molecule has 2 heterocycles. The van der Waals surface area contributed by atoms with E-state index in [9.17, 15) is 9.59 Å². The van der Waals surface area contributed by atoms with E-state index in [-0.39, 0.29) is 29.3 Å². The first-order valence-corrected chi connectivity index (χ1v) is 9.82. The molecule has 7 nitrogen and oxygen atoms in total. The van der Waals surface area contributed by atoms with Crippen LogP contribution in [-0.2, 0) is 4.79 Å². The lowest BCUT2D eigenvalue weighted by Gasteiger charge is -2.19. The first-order chi connectivity index (χ1) is 14.4. The van der Waals surface area contributed by atoms with Gasteiger partial charge in [0.1, 0.15) is 5.75 Å². The first-order valence-electron chi connectivity index (χ1n) is 9.06. The van der Waals surface area contributed by atoms with Crippen molar-refractivity contribution >= 4 is 40.7 Å². The topological polar surface area (TPSA) is 98.4 Å². The molecule has 4 rings (SSSR count). The third-order valence-corrected chi connectivity index (χ3v) is 5.31. The molecule has 1 saturated heterocycles. The first kappa shape index (κ1) is 20.1. The van der Waals surface area contributed by atoms with Crippen LogP contribution in [0.25, 0.3) is 0 Å². The lowest BCUT2D eigenvalue weighted by Crippen LogP contribution is -2.24. The molecule has 2 N–H and O–H groups in total. The molecule has 2 aromatic carbocycles. The summed E-state index contributed by atoms with van der Waals surface area (Å²) in [5.41, 5.74) is 7.12. The maximum atomic E-state index is 12.7. The Labute approximate surface area is 182 Å². The fraction of sp³-hybridized carbons (Fsp3) is 0.143. The van der Waals surface area contributed by atoms with Gasteiger partial charge in [-0.2, -0.15) is 0 Å². The van der Waals surface area contributed by atoms with Gasteiger partial charge in [-0.25, -0.2) is 9.97 Å². The van der Waals surface area contributed by atoms with Gasteiger partial charge in [0.05, 0.1) is 0 Å². The van der Waals surface area contributed by atoms with Crippen molar-refractivity contribution in [1.82, 2.24) is 9.97 Å². The van der Waals surface area contributed by atoms with Crippen molar-refractivity contribution < 1.29 is 14.3 Å². The third-order valence-electron chi connectivity index (χ3n) is 4.81. The summed E-state index contributed by atoms with van der Waals surface area (Å²) < 4.78 is 5.88. The van der Waals surface area contributed by atoms with E-state index < -0.39 is 5.91 Å². The summed E-state index contributed by atoms with van der Waals surface area (Å²) in [5, 5.41) is 0.597. The van der Waals surface area contributed by atoms with Crippen molar-refractivity contribution in [2.24, 2.45) is 5.73 Å². The highest BCUT2D eigenvalue weighted by atomic mass is 35.5. The Bertz CT molecular complexity index is 1140. The molecule has 0 radical (unpaired) electrons. The zero-order valence-electron chi connectivity index (χ0n) is 15.6. The maximum absolute atomic E-state index is 12.7. The van der Waals surface area contributed by atoms with Crippen LogP contribution in [0.1, 0.15) is 28.3 Å². The zero-order chi connectivity index (χ0) is 21.3. The van der Waals surface area contributed by atoms with E-state index in [1.807, 2.05) is 6.07 Å². The minimum atomic E-state index is -0.547. The highest BCUT2D eigenvalue weighted by Crippen LogP contribution is 2.39. The van der Waals surface area contributed by atoms with E-state index in [0.717, 1.165) is 5.56 Å². The number of nitrogens with two attached hydrogens (primary N) is 1. The van der Waals surface area contributed by atoms with Crippen LogP contribution in [-0.4, -0.2) is 28.3 Å². The average Bonchev–Trinajstić information content (AvgIpc) is 3.11. The maximum Gasteiger partial charge on any atom is 0.257 e. The number of nitrogens with zero attached hydrogens (tertiary/aromatic N) is 3. The molecule has 152 valence electrons. The van der Waals surface area contributed by atoms with Gasteiger partial charge >= 0.3 is 0 Å². The number of hydrogen-bond acceptors (Lipinski definition) is 5. The van der Waals surface area contributed by atoms with E-state index in [2.05, 4.69) is 9.97 Å². The predicted molar refractivity (Wildman–Crippen MR) is 113 cm³/mol. The summed E-state index contributed by atoms with van der Waals surface area (Å²) in [6, 6.07) is 11.9. The highest BCUT2D eigenvalue weighted by molar-refractivity contribution is 6.31. The van der Waals surface area contributed by atoms with Crippen LogP contribution in [0.3, 0.4) is 0 Å². The minimum absolute atomic E-state index is 0.0694. The number of halogens is 2. The molecule has 9 heteroatoms. The van der Waals surface area contributed by atoms with Gasteiger partial charge in [0.2, 0.25) is 11.8 Å². The number of carbonyl (C=O) groups is 2. The third kappa shape index (κ3) is 4.08. The highest BCUT2D eigenvalue weighted by Gasteiger charge is 2.33. The molecule has 1 aliphatic heterocycles. The van der Waals surface area contributed by atoms with Crippen LogP contribution in [0.5, 0.6) is 11.6 Å². The van der Waals surface area contributed by atoms with Gasteiger partial charge in [-0.05, 0) is 30.3 Å². The molecule has 30 heavy (non-hydrogen) atoms. The van der Waals surface area contributed by atoms with Crippen LogP contribution in [0, 0.1) is 0 Å². The van der Waals surface area contributed by atoms with Gasteiger partial charge in [0.25, 0.3) is 5.88 Å². The normalized spacial score (nSPS) is 16.0. The number of rotatable bonds is 5. The molecule has 1 aromatic heterocycles. The number of aromatic nitrogens is 2. The van der Waals surface area contributed by atoms with Crippen molar-refractivity contribution in [2.45, 2.75) is 12.3 Å². The Balaban J connectivity index is 1.64. The zero-order valence-corrected chi connectivity index (χ0v) is 17.1. The predicted octanol–water partition coefficient (Wildman–Crippen LogP) is 4.20. The van der Waals surface area contributed by atoms with Crippen LogP contribution >= 0.6 is 23.2 Å². The lowest BCUT2D eigenvalue weighted by molar-refractivity contribution is -0.117. The molecule has 3 aromatic rings. The second kappa shape index (κ2) is 8.30. The number of ether oxygens (including phenoxy) is 1. The lowest BCUT2D eigenvalue weighted by atomic mass is 9.97. The molecule has 1 atom stereocenters.